The molecule has 0 saturated heterocycles. The number of carbonyl (C=O) groups excluding carboxylic acids is 2. The smallest absolute Gasteiger partial charge is 0.411 e. The van der Waals surface area contributed by atoms with Gasteiger partial charge in [0.15, 0.2) is 0 Å². The van der Waals surface area contributed by atoms with Gasteiger partial charge in [-0.3, -0.25) is 9.59 Å². The van der Waals surface area contributed by atoms with Crippen LogP contribution in [0.4, 0.5) is 32.0 Å². The molecule has 10 nitrogen and oxygen atoms in total. The zero-order chi connectivity index (χ0) is 36.7. The highest BCUT2D eigenvalue weighted by Gasteiger charge is 2.72. The van der Waals surface area contributed by atoms with Gasteiger partial charge in [-0.1, -0.05) is 30.3 Å². The molecule has 4 aromatic carbocycles. The van der Waals surface area contributed by atoms with E-state index < -0.39 is 84.7 Å². The number of aryl methyl sites for hydroxylation is 1. The number of hydrogen-bond donors (Lipinski definition) is 4. The molecule has 2 amide bonds. The van der Waals surface area contributed by atoms with Crippen molar-refractivity contribution in [2.75, 3.05) is 5.32 Å². The predicted molar refractivity (Wildman–Crippen MR) is 159 cm³/mol. The number of halogens is 6. The molecule has 4 rings (SSSR count). The van der Waals surface area contributed by atoms with Gasteiger partial charge in [-0.15, -0.1) is 0 Å². The lowest BCUT2D eigenvalue weighted by Gasteiger charge is -2.38. The number of amides is 2. The summed E-state index contributed by atoms with van der Waals surface area (Å²) in [7, 11) is -4.18. The largest absolute Gasteiger partial charge is 0.478 e. The van der Waals surface area contributed by atoms with E-state index in [0.29, 0.717) is 17.7 Å². The van der Waals surface area contributed by atoms with E-state index in [0.717, 1.165) is 18.2 Å². The molecule has 0 spiro atoms. The van der Waals surface area contributed by atoms with Crippen molar-refractivity contribution in [1.29, 1.82) is 0 Å². The quantitative estimate of drug-likeness (QED) is 0.153. The van der Waals surface area contributed by atoms with Gasteiger partial charge in [0.25, 0.3) is 5.91 Å². The standard InChI is InChI=1S/C32H22F6N2O8S/c1-16-4-2-6-20(12-16)49(47,48)21-7-3-5-19(15-21)40-27(42)25-14-18(9-11-23(25)29(45)46)30(31(33,34)35,32(36,37)38)17-8-10-22(28(43)44)24(13-17)26(39)41/h2-15H,1H3,(H2,39,41)(H,40,42)(H,43,44)(H,45,46). The van der Waals surface area contributed by atoms with Crippen LogP contribution in [0.25, 0.3) is 0 Å². The van der Waals surface area contributed by atoms with Gasteiger partial charge in [0.05, 0.1) is 32.0 Å². The number of rotatable bonds is 9. The highest BCUT2D eigenvalue weighted by Crippen LogP contribution is 2.56. The number of carbonyl (C=O) groups is 4. The van der Waals surface area contributed by atoms with Gasteiger partial charge >= 0.3 is 24.3 Å². The summed E-state index contributed by atoms with van der Waals surface area (Å²) in [6.45, 7) is 1.64. The SMILES string of the molecule is Cc1cccc(S(=O)(=O)c2cccc(NC(=O)c3cc(C(c4ccc(C(=O)O)c(C(N)=O)c4)(C(F)(F)F)C(F)(F)F)ccc3C(=O)O)c2)c1. The summed E-state index contributed by atoms with van der Waals surface area (Å²) in [6.07, 6.45) is -12.6. The summed E-state index contributed by atoms with van der Waals surface area (Å²) < 4.78 is 116. The first-order valence-corrected chi connectivity index (χ1v) is 15.0. The molecule has 0 saturated carbocycles. The molecule has 0 atom stereocenters. The number of nitrogens with two attached hydrogens (primary N) is 1. The summed E-state index contributed by atoms with van der Waals surface area (Å²) in [5, 5.41) is 21.1. The molecule has 4 aromatic rings. The summed E-state index contributed by atoms with van der Waals surface area (Å²) >= 11 is 0. The molecular weight excluding hydrogens is 686 g/mol. The van der Waals surface area contributed by atoms with Gasteiger partial charge in [-0.05, 0) is 78.2 Å². The minimum Gasteiger partial charge on any atom is -0.478 e. The molecule has 5 N–H and O–H groups in total. The summed E-state index contributed by atoms with van der Waals surface area (Å²) in [5.74, 6) is -6.99. The van der Waals surface area contributed by atoms with Crippen LogP contribution in [0.15, 0.2) is 94.7 Å². The fourth-order valence-electron chi connectivity index (χ4n) is 5.16. The molecule has 0 aliphatic carbocycles. The van der Waals surface area contributed by atoms with Gasteiger partial charge in [0.1, 0.15) is 0 Å². The van der Waals surface area contributed by atoms with Crippen LogP contribution in [0.2, 0.25) is 0 Å². The molecule has 256 valence electrons. The maximum atomic E-state index is 14.9. The third kappa shape index (κ3) is 6.56. The third-order valence-corrected chi connectivity index (χ3v) is 9.18. The molecular formula is C32H22F6N2O8S. The summed E-state index contributed by atoms with van der Waals surface area (Å²) in [5.41, 5.74) is -7.54. The Hall–Kier alpha value is -5.71. The average molecular weight is 709 g/mol. The van der Waals surface area contributed by atoms with Gasteiger partial charge in [-0.2, -0.15) is 26.3 Å². The van der Waals surface area contributed by atoms with E-state index in [2.05, 4.69) is 5.32 Å². The molecule has 0 bridgehead atoms. The number of primary amides is 1. The van der Waals surface area contributed by atoms with Crippen LogP contribution in [0, 0.1) is 6.92 Å². The fraction of sp³-hybridized carbons (Fsp3) is 0.125. The van der Waals surface area contributed by atoms with E-state index in [-0.39, 0.29) is 39.7 Å². The first-order valence-electron chi connectivity index (χ1n) is 13.5. The average Bonchev–Trinajstić information content (AvgIpc) is 2.99. The number of aromatic carboxylic acids is 2. The van der Waals surface area contributed by atoms with Crippen LogP contribution in [-0.2, 0) is 15.3 Å². The van der Waals surface area contributed by atoms with Crippen molar-refractivity contribution in [3.05, 3.63) is 124 Å². The van der Waals surface area contributed by atoms with Gasteiger partial charge in [0.2, 0.25) is 21.2 Å². The minimum atomic E-state index is -6.30. The third-order valence-electron chi connectivity index (χ3n) is 7.43. The zero-order valence-corrected chi connectivity index (χ0v) is 25.5. The lowest BCUT2D eigenvalue weighted by molar-refractivity contribution is -0.288. The second-order valence-electron chi connectivity index (χ2n) is 10.5. The number of carboxylic acid groups (broad SMARTS) is 2. The number of benzene rings is 4. The lowest BCUT2D eigenvalue weighted by atomic mass is 9.71. The molecule has 0 aliphatic rings. The van der Waals surface area contributed by atoms with E-state index in [1.807, 2.05) is 0 Å². The highest BCUT2D eigenvalue weighted by atomic mass is 32.2. The molecule has 0 fully saturated rings. The first-order chi connectivity index (χ1) is 22.6. The van der Waals surface area contributed by atoms with E-state index in [1.54, 1.807) is 13.0 Å². The van der Waals surface area contributed by atoms with Crippen LogP contribution in [0.1, 0.15) is 58.1 Å². The van der Waals surface area contributed by atoms with E-state index in [9.17, 15) is 64.2 Å². The Balaban J connectivity index is 1.92. The second kappa shape index (κ2) is 12.7. The van der Waals surface area contributed by atoms with Crippen molar-refractivity contribution in [2.45, 2.75) is 34.5 Å². The number of carboxylic acids is 2. The van der Waals surface area contributed by atoms with Crippen LogP contribution in [0.5, 0.6) is 0 Å². The maximum absolute atomic E-state index is 14.9. The number of alkyl halides is 6. The Morgan fingerprint density at radius 1 is 0.653 bits per heavy atom. The second-order valence-corrected chi connectivity index (χ2v) is 12.5. The van der Waals surface area contributed by atoms with Crippen LogP contribution >= 0.6 is 0 Å². The summed E-state index contributed by atoms with van der Waals surface area (Å²) in [4.78, 5) is 48.3. The molecule has 0 aromatic heterocycles. The van der Waals surface area contributed by atoms with Crippen molar-refractivity contribution in [1.82, 2.24) is 0 Å². The number of sulfone groups is 1. The first kappa shape index (κ1) is 36.1. The van der Waals surface area contributed by atoms with Crippen molar-refractivity contribution in [2.24, 2.45) is 5.73 Å². The topological polar surface area (TPSA) is 181 Å². The fourth-order valence-corrected chi connectivity index (χ4v) is 6.57. The number of nitrogens with one attached hydrogen (secondary N) is 1. The van der Waals surface area contributed by atoms with Crippen molar-refractivity contribution in [3.8, 4) is 0 Å². The van der Waals surface area contributed by atoms with Crippen LogP contribution in [0.3, 0.4) is 0 Å². The number of anilines is 1. The Kier molecular flexibility index (Phi) is 9.38. The Bertz CT molecular complexity index is 2110. The highest BCUT2D eigenvalue weighted by molar-refractivity contribution is 7.91. The molecule has 49 heavy (non-hydrogen) atoms. The van der Waals surface area contributed by atoms with Gasteiger partial charge in [-0.25, -0.2) is 18.0 Å². The zero-order valence-electron chi connectivity index (χ0n) is 24.7. The summed E-state index contributed by atoms with van der Waals surface area (Å²) in [6, 6.07) is 11.3. The van der Waals surface area contributed by atoms with E-state index in [4.69, 9.17) is 5.73 Å². The lowest BCUT2D eigenvalue weighted by Crippen LogP contribution is -2.55. The normalized spacial score (nSPS) is 12.3. The van der Waals surface area contributed by atoms with Gasteiger partial charge < -0.3 is 21.3 Å². The maximum Gasteiger partial charge on any atom is 0.411 e. The van der Waals surface area contributed by atoms with Crippen LogP contribution < -0.4 is 11.1 Å². The molecule has 0 heterocycles. The Morgan fingerprint density at radius 2 is 1.12 bits per heavy atom. The van der Waals surface area contributed by atoms with Gasteiger partial charge in [0, 0.05) is 5.69 Å². The molecule has 0 unspecified atom stereocenters. The Morgan fingerprint density at radius 3 is 1.59 bits per heavy atom. The van der Waals surface area contributed by atoms with Crippen molar-refractivity contribution < 1.29 is 64.2 Å². The monoisotopic (exact) mass is 708 g/mol. The van der Waals surface area contributed by atoms with E-state index in [1.165, 1.54) is 24.3 Å². The van der Waals surface area contributed by atoms with Crippen LogP contribution in [-0.4, -0.2) is 54.7 Å². The number of hydrogen-bond acceptors (Lipinski definition) is 6. The Labute approximate surface area is 272 Å². The molecule has 0 radical (unpaired) electrons. The minimum absolute atomic E-state index is 0.0117. The van der Waals surface area contributed by atoms with Crippen molar-refractivity contribution in [3.63, 3.8) is 0 Å². The predicted octanol–water partition coefficient (Wildman–Crippen LogP) is 5.99. The molecule has 17 heteroatoms. The molecule has 0 aliphatic heterocycles. The van der Waals surface area contributed by atoms with E-state index >= 15 is 0 Å². The van der Waals surface area contributed by atoms with Crippen molar-refractivity contribution >= 4 is 39.3 Å².